The summed E-state index contributed by atoms with van der Waals surface area (Å²) in [6.45, 7) is 2.25. The van der Waals surface area contributed by atoms with E-state index in [9.17, 15) is 4.79 Å². The van der Waals surface area contributed by atoms with Crippen molar-refractivity contribution in [3.8, 4) is 0 Å². The molecule has 1 atom stereocenters. The van der Waals surface area contributed by atoms with Crippen LogP contribution < -0.4 is 10.6 Å². The molecule has 1 aliphatic heterocycles. The van der Waals surface area contributed by atoms with Crippen molar-refractivity contribution in [2.45, 2.75) is 37.5 Å². The van der Waals surface area contributed by atoms with Crippen LogP contribution in [0.4, 0.5) is 0 Å². The number of carbonyl (C=O) groups is 1. The van der Waals surface area contributed by atoms with Crippen molar-refractivity contribution in [2.75, 3.05) is 33.7 Å². The number of likely N-dealkylation sites (tertiary alicyclic amines) is 1. The minimum Gasteiger partial charge on any atom is -0.358 e. The zero-order valence-electron chi connectivity index (χ0n) is 14.8. The summed E-state index contributed by atoms with van der Waals surface area (Å²) in [6, 6.07) is 8.93. The molecule has 1 amide bonds. The topological polar surface area (TPSA) is 56.7 Å². The fraction of sp³-hybridized carbons (Fsp3) is 0.579. The highest BCUT2D eigenvalue weighted by Gasteiger charge is 2.40. The number of carbonyl (C=O) groups excluding carboxylic acids is 1. The zero-order valence-corrected chi connectivity index (χ0v) is 14.8. The van der Waals surface area contributed by atoms with Crippen LogP contribution in [0, 0.1) is 0 Å². The second kappa shape index (κ2) is 7.24. The second-order valence-electron chi connectivity index (χ2n) is 6.89. The first-order chi connectivity index (χ1) is 11.7. The first kappa shape index (κ1) is 16.8. The molecule has 3 rings (SSSR count). The van der Waals surface area contributed by atoms with Crippen molar-refractivity contribution in [1.82, 2.24) is 15.5 Å². The number of amides is 1. The van der Waals surface area contributed by atoms with Crippen molar-refractivity contribution in [1.29, 1.82) is 0 Å². The lowest BCUT2D eigenvalue weighted by Gasteiger charge is -2.47. The Morgan fingerprint density at radius 1 is 1.29 bits per heavy atom. The number of aliphatic imine (C=N–C) groups is 1. The molecular formula is C19H28N4O. The Labute approximate surface area is 144 Å². The van der Waals surface area contributed by atoms with Gasteiger partial charge >= 0.3 is 0 Å². The number of piperidine rings is 1. The van der Waals surface area contributed by atoms with Crippen molar-refractivity contribution < 1.29 is 4.79 Å². The molecule has 1 saturated heterocycles. The minimum atomic E-state index is -0.0223. The quantitative estimate of drug-likeness (QED) is 0.641. The Morgan fingerprint density at radius 2 is 2.08 bits per heavy atom. The normalized spacial score (nSPS) is 23.8. The van der Waals surface area contributed by atoms with E-state index in [1.54, 1.807) is 14.1 Å². The third-order valence-electron chi connectivity index (χ3n) is 5.46. The van der Waals surface area contributed by atoms with Crippen LogP contribution in [0.25, 0.3) is 0 Å². The lowest BCUT2D eigenvalue weighted by Crippen LogP contribution is -2.54. The molecule has 0 bridgehead atoms. The average molecular weight is 328 g/mol. The highest BCUT2D eigenvalue weighted by atomic mass is 16.1. The number of nitrogens with one attached hydrogen (secondary N) is 2. The van der Waals surface area contributed by atoms with Gasteiger partial charge in [0.05, 0.1) is 6.54 Å². The molecule has 1 unspecified atom stereocenters. The Morgan fingerprint density at radius 3 is 2.88 bits per heavy atom. The highest BCUT2D eigenvalue weighted by Crippen LogP contribution is 2.43. The van der Waals surface area contributed by atoms with Crippen molar-refractivity contribution >= 4 is 11.9 Å². The van der Waals surface area contributed by atoms with E-state index < -0.39 is 0 Å². The molecule has 2 aliphatic rings. The van der Waals surface area contributed by atoms with Crippen LogP contribution in [-0.4, -0.2) is 50.5 Å². The third-order valence-corrected chi connectivity index (χ3v) is 5.46. The number of hydrogen-bond acceptors (Lipinski definition) is 2. The van der Waals surface area contributed by atoms with Gasteiger partial charge in [-0.15, -0.1) is 0 Å². The van der Waals surface area contributed by atoms with Gasteiger partial charge in [0.15, 0.2) is 5.96 Å². The standard InChI is InChI=1S/C19H28N4O/c1-20-17(24)13-22-18(21-2)23-12-6-11-19(14-23)10-5-8-15-7-3-4-9-16(15)19/h3-4,7,9H,5-6,8,10-14H2,1-2H3,(H,20,24)(H,21,22). The predicted octanol–water partition coefficient (Wildman–Crippen LogP) is 1.68. The molecular weight excluding hydrogens is 300 g/mol. The summed E-state index contributed by atoms with van der Waals surface area (Å²) < 4.78 is 0. The van der Waals surface area contributed by atoms with E-state index >= 15 is 0 Å². The van der Waals surface area contributed by atoms with E-state index in [0.717, 1.165) is 25.5 Å². The van der Waals surface area contributed by atoms with Gasteiger partial charge in [-0.2, -0.15) is 0 Å². The molecule has 0 saturated carbocycles. The predicted molar refractivity (Wildman–Crippen MR) is 97.3 cm³/mol. The van der Waals surface area contributed by atoms with Crippen LogP contribution in [-0.2, 0) is 16.6 Å². The molecule has 0 radical (unpaired) electrons. The first-order valence-corrected chi connectivity index (χ1v) is 8.93. The minimum absolute atomic E-state index is 0.0223. The van der Waals surface area contributed by atoms with Gasteiger partial charge in [0, 0.05) is 32.6 Å². The van der Waals surface area contributed by atoms with Crippen LogP contribution in [0.15, 0.2) is 29.3 Å². The largest absolute Gasteiger partial charge is 0.358 e. The molecule has 1 aliphatic carbocycles. The zero-order chi connectivity index (χ0) is 17.0. The summed E-state index contributed by atoms with van der Waals surface area (Å²) in [7, 11) is 3.45. The van der Waals surface area contributed by atoms with Gasteiger partial charge in [0.25, 0.3) is 0 Å². The van der Waals surface area contributed by atoms with Gasteiger partial charge in [0.1, 0.15) is 0 Å². The molecule has 1 heterocycles. The maximum absolute atomic E-state index is 11.5. The van der Waals surface area contributed by atoms with Gasteiger partial charge in [-0.3, -0.25) is 9.79 Å². The molecule has 1 aromatic rings. The van der Waals surface area contributed by atoms with E-state index in [1.807, 2.05) is 0 Å². The van der Waals surface area contributed by atoms with E-state index in [-0.39, 0.29) is 17.9 Å². The molecule has 5 heteroatoms. The van der Waals surface area contributed by atoms with Crippen molar-refractivity contribution in [2.24, 2.45) is 4.99 Å². The fourth-order valence-electron chi connectivity index (χ4n) is 4.32. The molecule has 0 aromatic heterocycles. The number of hydrogen-bond donors (Lipinski definition) is 2. The summed E-state index contributed by atoms with van der Waals surface area (Å²) in [5, 5.41) is 5.84. The van der Waals surface area contributed by atoms with E-state index in [0.29, 0.717) is 0 Å². The second-order valence-corrected chi connectivity index (χ2v) is 6.89. The lowest BCUT2D eigenvalue weighted by molar-refractivity contribution is -0.119. The monoisotopic (exact) mass is 328 g/mol. The number of fused-ring (bicyclic) bond motifs is 2. The molecule has 1 fully saturated rings. The molecule has 130 valence electrons. The SMILES string of the molecule is CN=C(NCC(=O)NC)N1CCCC2(CCCc3ccccc32)C1. The van der Waals surface area contributed by atoms with Gasteiger partial charge in [-0.1, -0.05) is 24.3 Å². The van der Waals surface area contributed by atoms with E-state index in [1.165, 1.54) is 36.8 Å². The van der Waals surface area contributed by atoms with Crippen LogP contribution in [0.3, 0.4) is 0 Å². The highest BCUT2D eigenvalue weighted by molar-refractivity contribution is 5.86. The summed E-state index contributed by atoms with van der Waals surface area (Å²) in [4.78, 5) is 18.3. The Balaban J connectivity index is 1.78. The van der Waals surface area contributed by atoms with Crippen LogP contribution in [0.5, 0.6) is 0 Å². The molecule has 24 heavy (non-hydrogen) atoms. The third kappa shape index (κ3) is 3.25. The first-order valence-electron chi connectivity index (χ1n) is 8.93. The Bertz CT molecular complexity index is 628. The van der Waals surface area contributed by atoms with Crippen LogP contribution in [0.1, 0.15) is 36.8 Å². The maximum atomic E-state index is 11.5. The number of guanidine groups is 1. The fourth-order valence-corrected chi connectivity index (χ4v) is 4.32. The molecule has 1 spiro atoms. The Hall–Kier alpha value is -2.04. The van der Waals surface area contributed by atoms with Gasteiger partial charge in [-0.25, -0.2) is 0 Å². The van der Waals surface area contributed by atoms with Crippen LogP contribution >= 0.6 is 0 Å². The molecule has 1 aromatic carbocycles. The van der Waals surface area contributed by atoms with Gasteiger partial charge in [0.2, 0.25) is 5.91 Å². The van der Waals surface area contributed by atoms with Crippen molar-refractivity contribution in [3.63, 3.8) is 0 Å². The molecule has 2 N–H and O–H groups in total. The average Bonchev–Trinajstić information content (AvgIpc) is 2.63. The molecule has 5 nitrogen and oxygen atoms in total. The number of aryl methyl sites for hydroxylation is 1. The lowest BCUT2D eigenvalue weighted by atomic mass is 9.66. The smallest absolute Gasteiger partial charge is 0.239 e. The number of likely N-dealkylation sites (N-methyl/N-ethyl adjacent to an activating group) is 1. The van der Waals surface area contributed by atoms with Gasteiger partial charge in [-0.05, 0) is 43.2 Å². The Kier molecular flexibility index (Phi) is 5.07. The summed E-state index contributed by atoms with van der Waals surface area (Å²) >= 11 is 0. The summed E-state index contributed by atoms with van der Waals surface area (Å²) in [5.74, 6) is 0.812. The number of benzene rings is 1. The number of nitrogens with zero attached hydrogens (tertiary/aromatic N) is 2. The number of rotatable bonds is 2. The van der Waals surface area contributed by atoms with E-state index in [2.05, 4.69) is 44.8 Å². The maximum Gasteiger partial charge on any atom is 0.239 e. The summed E-state index contributed by atoms with van der Waals surface area (Å²) in [5.41, 5.74) is 3.28. The van der Waals surface area contributed by atoms with E-state index in [4.69, 9.17) is 0 Å². The van der Waals surface area contributed by atoms with Crippen LogP contribution in [0.2, 0.25) is 0 Å². The van der Waals surface area contributed by atoms with Gasteiger partial charge < -0.3 is 15.5 Å². The van der Waals surface area contributed by atoms with Crippen molar-refractivity contribution in [3.05, 3.63) is 35.4 Å². The summed E-state index contributed by atoms with van der Waals surface area (Å²) in [6.07, 6.45) is 6.10.